The second-order valence-corrected chi connectivity index (χ2v) is 6.53. The minimum absolute atomic E-state index is 0.108. The smallest absolute Gasteiger partial charge is 0.118 e. The summed E-state index contributed by atoms with van der Waals surface area (Å²) >= 11 is 0. The molecular weight excluding hydrogens is 260 g/mol. The van der Waals surface area contributed by atoms with Gasteiger partial charge in [-0.3, -0.25) is 4.90 Å². The van der Waals surface area contributed by atoms with Crippen molar-refractivity contribution in [1.29, 1.82) is 0 Å². The lowest BCUT2D eigenvalue weighted by molar-refractivity contribution is 0.102. The van der Waals surface area contributed by atoms with Gasteiger partial charge in [-0.05, 0) is 62.8 Å². The van der Waals surface area contributed by atoms with Crippen LogP contribution in [0.2, 0.25) is 0 Å². The molecule has 1 saturated carbocycles. The first kappa shape index (κ1) is 16.3. The minimum atomic E-state index is 0.108. The molecule has 0 aliphatic heterocycles. The second-order valence-electron chi connectivity index (χ2n) is 6.53. The highest BCUT2D eigenvalue weighted by atomic mass is 16.5. The van der Waals surface area contributed by atoms with Crippen molar-refractivity contribution in [3.05, 3.63) is 29.8 Å². The van der Waals surface area contributed by atoms with Crippen LogP contribution in [-0.2, 0) is 6.42 Å². The van der Waals surface area contributed by atoms with Crippen LogP contribution in [0.15, 0.2) is 24.3 Å². The molecule has 3 nitrogen and oxygen atoms in total. The van der Waals surface area contributed by atoms with Crippen molar-refractivity contribution in [3.63, 3.8) is 0 Å². The van der Waals surface area contributed by atoms with E-state index >= 15 is 0 Å². The summed E-state index contributed by atoms with van der Waals surface area (Å²) < 4.78 is 5.21. The van der Waals surface area contributed by atoms with Crippen LogP contribution in [0.25, 0.3) is 0 Å². The number of ether oxygens (including phenoxy) is 1. The molecule has 1 atom stereocenters. The number of rotatable bonds is 9. The van der Waals surface area contributed by atoms with Gasteiger partial charge in [0.2, 0.25) is 0 Å². The highest BCUT2D eigenvalue weighted by molar-refractivity contribution is 5.27. The average molecular weight is 290 g/mol. The summed E-state index contributed by atoms with van der Waals surface area (Å²) in [7, 11) is 1.71. The lowest BCUT2D eigenvalue weighted by Crippen LogP contribution is -2.52. The van der Waals surface area contributed by atoms with Gasteiger partial charge in [0.25, 0.3) is 0 Å². The Hall–Kier alpha value is -1.06. The van der Waals surface area contributed by atoms with Gasteiger partial charge in [-0.25, -0.2) is 0 Å². The van der Waals surface area contributed by atoms with E-state index in [9.17, 15) is 0 Å². The molecule has 0 bridgehead atoms. The zero-order valence-electron chi connectivity index (χ0n) is 13.8. The Morgan fingerprint density at radius 1 is 1.29 bits per heavy atom. The third-order valence-corrected chi connectivity index (χ3v) is 4.87. The molecule has 1 fully saturated rings. The van der Waals surface area contributed by atoms with E-state index in [0.717, 1.165) is 37.6 Å². The van der Waals surface area contributed by atoms with Crippen molar-refractivity contribution in [2.75, 3.05) is 26.7 Å². The third kappa shape index (κ3) is 4.45. The Morgan fingerprint density at radius 2 is 1.95 bits per heavy atom. The quantitative estimate of drug-likeness (QED) is 0.759. The molecule has 21 heavy (non-hydrogen) atoms. The normalized spacial score (nSPS) is 17.8. The number of methoxy groups -OCH3 is 1. The molecule has 0 amide bonds. The van der Waals surface area contributed by atoms with E-state index < -0.39 is 0 Å². The van der Waals surface area contributed by atoms with Crippen LogP contribution in [0.4, 0.5) is 0 Å². The predicted molar refractivity (Wildman–Crippen MR) is 88.7 cm³/mol. The summed E-state index contributed by atoms with van der Waals surface area (Å²) in [6.07, 6.45) is 4.97. The fourth-order valence-electron chi connectivity index (χ4n) is 2.94. The molecule has 2 rings (SSSR count). The van der Waals surface area contributed by atoms with Crippen LogP contribution in [0.3, 0.4) is 0 Å². The van der Waals surface area contributed by atoms with Gasteiger partial charge in [0, 0.05) is 18.6 Å². The Morgan fingerprint density at radius 3 is 2.43 bits per heavy atom. The molecule has 0 spiro atoms. The van der Waals surface area contributed by atoms with Crippen molar-refractivity contribution < 1.29 is 4.74 Å². The highest BCUT2D eigenvalue weighted by Crippen LogP contribution is 2.33. The average Bonchev–Trinajstić information content (AvgIpc) is 3.35. The van der Waals surface area contributed by atoms with E-state index in [1.165, 1.54) is 24.9 Å². The molecule has 3 heteroatoms. The minimum Gasteiger partial charge on any atom is -0.497 e. The van der Waals surface area contributed by atoms with Crippen molar-refractivity contribution in [3.8, 4) is 5.75 Å². The molecule has 0 heterocycles. The third-order valence-electron chi connectivity index (χ3n) is 4.87. The van der Waals surface area contributed by atoms with Crippen molar-refractivity contribution in [1.82, 2.24) is 4.90 Å². The van der Waals surface area contributed by atoms with Crippen LogP contribution in [0.1, 0.15) is 38.7 Å². The van der Waals surface area contributed by atoms with E-state index in [1.54, 1.807) is 7.11 Å². The molecule has 1 unspecified atom stereocenters. The molecule has 1 aliphatic rings. The predicted octanol–water partition coefficient (Wildman–Crippen LogP) is 3.08. The number of benzene rings is 1. The lowest BCUT2D eigenvalue weighted by atomic mass is 9.91. The summed E-state index contributed by atoms with van der Waals surface area (Å²) in [6.45, 7) is 7.61. The molecule has 0 radical (unpaired) electrons. The van der Waals surface area contributed by atoms with Gasteiger partial charge in [-0.1, -0.05) is 19.1 Å². The fraction of sp³-hybridized carbons (Fsp3) is 0.667. The number of aryl methyl sites for hydroxylation is 1. The summed E-state index contributed by atoms with van der Waals surface area (Å²) in [5.74, 6) is 1.83. The molecule has 1 aromatic carbocycles. The summed E-state index contributed by atoms with van der Waals surface area (Å²) in [5, 5.41) is 0. The molecular formula is C18H30N2O. The maximum Gasteiger partial charge on any atom is 0.118 e. The number of nitrogens with two attached hydrogens (primary N) is 1. The van der Waals surface area contributed by atoms with Crippen molar-refractivity contribution in [2.45, 2.75) is 45.1 Å². The Labute approximate surface area is 129 Å². The van der Waals surface area contributed by atoms with E-state index in [-0.39, 0.29) is 5.54 Å². The zero-order valence-corrected chi connectivity index (χ0v) is 13.8. The first-order chi connectivity index (χ1) is 10.1. The molecule has 118 valence electrons. The first-order valence-corrected chi connectivity index (χ1v) is 8.19. The van der Waals surface area contributed by atoms with Gasteiger partial charge in [0.05, 0.1) is 7.11 Å². The zero-order chi connectivity index (χ0) is 15.3. The van der Waals surface area contributed by atoms with Gasteiger partial charge in [0.1, 0.15) is 5.75 Å². The highest BCUT2D eigenvalue weighted by Gasteiger charge is 2.33. The first-order valence-electron chi connectivity index (χ1n) is 8.19. The van der Waals surface area contributed by atoms with Gasteiger partial charge in [-0.15, -0.1) is 0 Å². The number of hydrogen-bond donors (Lipinski definition) is 1. The molecule has 1 aromatic rings. The van der Waals surface area contributed by atoms with Crippen LogP contribution < -0.4 is 10.5 Å². The SMILES string of the molecule is CCN(CC1CC1)C(C)(CN)CCc1ccc(OC)cc1. The Kier molecular flexibility index (Phi) is 5.65. The Balaban J connectivity index is 1.95. The van der Waals surface area contributed by atoms with E-state index in [2.05, 4.69) is 30.9 Å². The summed E-state index contributed by atoms with van der Waals surface area (Å²) in [6, 6.07) is 8.40. The monoisotopic (exact) mass is 290 g/mol. The van der Waals surface area contributed by atoms with Crippen molar-refractivity contribution >= 4 is 0 Å². The van der Waals surface area contributed by atoms with Crippen LogP contribution in [-0.4, -0.2) is 37.2 Å². The van der Waals surface area contributed by atoms with Crippen LogP contribution in [0.5, 0.6) is 5.75 Å². The number of likely N-dealkylation sites (N-methyl/N-ethyl adjacent to an activating group) is 1. The lowest BCUT2D eigenvalue weighted by Gasteiger charge is -2.40. The molecule has 0 aromatic heterocycles. The maximum atomic E-state index is 6.13. The summed E-state index contributed by atoms with van der Waals surface area (Å²) in [4.78, 5) is 2.59. The number of nitrogens with zero attached hydrogens (tertiary/aromatic N) is 1. The van der Waals surface area contributed by atoms with Crippen LogP contribution in [0, 0.1) is 5.92 Å². The van der Waals surface area contributed by atoms with E-state index in [4.69, 9.17) is 10.5 Å². The van der Waals surface area contributed by atoms with Crippen LogP contribution >= 0.6 is 0 Å². The molecule has 2 N–H and O–H groups in total. The van der Waals surface area contributed by atoms with Gasteiger partial charge in [0.15, 0.2) is 0 Å². The topological polar surface area (TPSA) is 38.5 Å². The maximum absolute atomic E-state index is 6.13. The number of hydrogen-bond acceptors (Lipinski definition) is 3. The second kappa shape index (κ2) is 7.28. The van der Waals surface area contributed by atoms with E-state index in [1.807, 2.05) is 12.1 Å². The fourth-order valence-corrected chi connectivity index (χ4v) is 2.94. The standard InChI is InChI=1S/C18H30N2O/c1-4-20(13-16-5-6-16)18(2,14-19)12-11-15-7-9-17(21-3)10-8-15/h7-10,16H,4-6,11-14,19H2,1-3H3. The summed E-state index contributed by atoms with van der Waals surface area (Å²) in [5.41, 5.74) is 7.60. The molecule has 0 saturated heterocycles. The van der Waals surface area contributed by atoms with Gasteiger partial charge >= 0.3 is 0 Å². The van der Waals surface area contributed by atoms with Gasteiger partial charge < -0.3 is 10.5 Å². The largest absolute Gasteiger partial charge is 0.497 e. The van der Waals surface area contributed by atoms with Gasteiger partial charge in [-0.2, -0.15) is 0 Å². The van der Waals surface area contributed by atoms with E-state index in [0.29, 0.717) is 0 Å². The molecule has 1 aliphatic carbocycles. The van der Waals surface area contributed by atoms with Crippen molar-refractivity contribution in [2.24, 2.45) is 11.7 Å². The Bertz CT molecular complexity index is 427.